The fraction of sp³-hybridized carbons (Fsp3) is 0.615. The van der Waals surface area contributed by atoms with E-state index in [1.807, 2.05) is 4.90 Å². The maximum atomic E-state index is 14.0. The smallest absolute Gasteiger partial charge is 0.303 e. The normalized spacial score (nSPS) is 19.5. The second-order valence-corrected chi connectivity index (χ2v) is 4.98. The van der Waals surface area contributed by atoms with E-state index in [-0.39, 0.29) is 12.2 Å². The van der Waals surface area contributed by atoms with E-state index in [9.17, 15) is 9.18 Å². The summed E-state index contributed by atoms with van der Waals surface area (Å²) < 4.78 is 14.0. The van der Waals surface area contributed by atoms with E-state index >= 15 is 0 Å². The Kier molecular flexibility index (Phi) is 4.29. The first-order valence-electron chi connectivity index (χ1n) is 6.51. The third-order valence-electron chi connectivity index (χ3n) is 3.53. The van der Waals surface area contributed by atoms with E-state index in [1.165, 1.54) is 6.33 Å². The SMILES string of the molecule is Cc1ncnc(N2CCCC(CCC(=O)O)C2)c1F. The molecular weight excluding hydrogens is 249 g/mol. The molecule has 1 aliphatic heterocycles. The van der Waals surface area contributed by atoms with Gasteiger partial charge in [-0.3, -0.25) is 4.79 Å². The number of aromatic nitrogens is 2. The van der Waals surface area contributed by atoms with Gasteiger partial charge >= 0.3 is 5.97 Å². The van der Waals surface area contributed by atoms with E-state index in [0.717, 1.165) is 19.4 Å². The highest BCUT2D eigenvalue weighted by molar-refractivity contribution is 5.66. The third kappa shape index (κ3) is 3.39. The summed E-state index contributed by atoms with van der Waals surface area (Å²) >= 11 is 0. The van der Waals surface area contributed by atoms with Crippen molar-refractivity contribution in [2.24, 2.45) is 5.92 Å². The molecule has 2 heterocycles. The second-order valence-electron chi connectivity index (χ2n) is 4.98. The number of carbonyl (C=O) groups is 1. The van der Waals surface area contributed by atoms with Gasteiger partial charge in [0.2, 0.25) is 0 Å². The van der Waals surface area contributed by atoms with Crippen LogP contribution in [0.3, 0.4) is 0 Å². The zero-order valence-electron chi connectivity index (χ0n) is 11.0. The van der Waals surface area contributed by atoms with Crippen LogP contribution in [0.4, 0.5) is 10.2 Å². The Morgan fingerprint density at radius 1 is 1.58 bits per heavy atom. The fourth-order valence-corrected chi connectivity index (χ4v) is 2.49. The van der Waals surface area contributed by atoms with Gasteiger partial charge in [-0.25, -0.2) is 14.4 Å². The van der Waals surface area contributed by atoms with Gasteiger partial charge in [0.1, 0.15) is 6.33 Å². The minimum Gasteiger partial charge on any atom is -0.481 e. The molecule has 5 nitrogen and oxygen atoms in total. The Morgan fingerprint density at radius 2 is 2.37 bits per heavy atom. The van der Waals surface area contributed by atoms with Crippen LogP contribution in [0.5, 0.6) is 0 Å². The average molecular weight is 267 g/mol. The van der Waals surface area contributed by atoms with Gasteiger partial charge in [0.05, 0.1) is 5.69 Å². The fourth-order valence-electron chi connectivity index (χ4n) is 2.49. The average Bonchev–Trinajstić information content (AvgIpc) is 2.40. The number of carboxylic acid groups (broad SMARTS) is 1. The van der Waals surface area contributed by atoms with E-state index < -0.39 is 5.97 Å². The summed E-state index contributed by atoms with van der Waals surface area (Å²) in [5.41, 5.74) is 0.345. The van der Waals surface area contributed by atoms with Gasteiger partial charge in [0.15, 0.2) is 11.6 Å². The predicted octanol–water partition coefficient (Wildman–Crippen LogP) is 2.01. The van der Waals surface area contributed by atoms with Crippen LogP contribution in [0.25, 0.3) is 0 Å². The molecule has 0 bridgehead atoms. The lowest BCUT2D eigenvalue weighted by atomic mass is 9.93. The Bertz CT molecular complexity index is 467. The summed E-state index contributed by atoms with van der Waals surface area (Å²) in [5.74, 6) is -0.519. The number of anilines is 1. The monoisotopic (exact) mass is 267 g/mol. The van der Waals surface area contributed by atoms with Crippen molar-refractivity contribution in [2.75, 3.05) is 18.0 Å². The summed E-state index contributed by atoms with van der Waals surface area (Å²) in [4.78, 5) is 20.3. The molecule has 1 unspecified atom stereocenters. The molecule has 1 saturated heterocycles. The Morgan fingerprint density at radius 3 is 3.11 bits per heavy atom. The van der Waals surface area contributed by atoms with Crippen molar-refractivity contribution in [1.82, 2.24) is 9.97 Å². The molecule has 1 aliphatic rings. The lowest BCUT2D eigenvalue weighted by Crippen LogP contribution is -2.37. The summed E-state index contributed by atoms with van der Waals surface area (Å²) in [7, 11) is 0. The van der Waals surface area contributed by atoms with Crippen molar-refractivity contribution < 1.29 is 14.3 Å². The Balaban J connectivity index is 2.04. The number of aryl methyl sites for hydroxylation is 1. The van der Waals surface area contributed by atoms with Crippen LogP contribution in [0, 0.1) is 18.7 Å². The molecular formula is C13H18FN3O2. The van der Waals surface area contributed by atoms with Gasteiger partial charge in [0.25, 0.3) is 0 Å². The van der Waals surface area contributed by atoms with E-state index in [4.69, 9.17) is 5.11 Å². The first-order valence-corrected chi connectivity index (χ1v) is 6.51. The number of hydrogen-bond acceptors (Lipinski definition) is 4. The molecule has 0 aliphatic carbocycles. The maximum Gasteiger partial charge on any atom is 0.303 e. The summed E-state index contributed by atoms with van der Waals surface area (Å²) in [6.07, 6.45) is 4.11. The molecule has 0 aromatic carbocycles. The quantitative estimate of drug-likeness (QED) is 0.903. The van der Waals surface area contributed by atoms with E-state index in [0.29, 0.717) is 30.4 Å². The van der Waals surface area contributed by atoms with Gasteiger partial charge in [-0.05, 0) is 32.1 Å². The van der Waals surface area contributed by atoms with Crippen molar-refractivity contribution >= 4 is 11.8 Å². The van der Waals surface area contributed by atoms with E-state index in [2.05, 4.69) is 9.97 Å². The molecule has 2 rings (SSSR count). The first kappa shape index (κ1) is 13.7. The molecule has 19 heavy (non-hydrogen) atoms. The largest absolute Gasteiger partial charge is 0.481 e. The molecule has 0 spiro atoms. The van der Waals surface area contributed by atoms with E-state index in [1.54, 1.807) is 6.92 Å². The molecule has 0 amide bonds. The molecule has 0 saturated carbocycles. The minimum atomic E-state index is -0.777. The van der Waals surface area contributed by atoms with Crippen molar-refractivity contribution in [3.8, 4) is 0 Å². The van der Waals surface area contributed by atoms with Crippen LogP contribution in [0.15, 0.2) is 6.33 Å². The molecule has 1 atom stereocenters. The van der Waals surface area contributed by atoms with Crippen LogP contribution >= 0.6 is 0 Å². The molecule has 104 valence electrons. The highest BCUT2D eigenvalue weighted by Gasteiger charge is 2.24. The zero-order chi connectivity index (χ0) is 13.8. The van der Waals surface area contributed by atoms with Gasteiger partial charge < -0.3 is 10.0 Å². The Labute approximate surface area is 111 Å². The highest BCUT2D eigenvalue weighted by Crippen LogP contribution is 2.26. The second kappa shape index (κ2) is 5.95. The van der Waals surface area contributed by atoms with Gasteiger partial charge in [0, 0.05) is 19.5 Å². The van der Waals surface area contributed by atoms with Crippen LogP contribution in [-0.2, 0) is 4.79 Å². The molecule has 1 aromatic rings. The summed E-state index contributed by atoms with van der Waals surface area (Å²) in [6.45, 7) is 3.05. The molecule has 6 heteroatoms. The number of halogens is 1. The topological polar surface area (TPSA) is 66.3 Å². The summed E-state index contributed by atoms with van der Waals surface area (Å²) in [6, 6.07) is 0. The van der Waals surface area contributed by atoms with Crippen molar-refractivity contribution in [3.63, 3.8) is 0 Å². The molecule has 1 N–H and O–H groups in total. The van der Waals surface area contributed by atoms with Crippen LogP contribution in [0.2, 0.25) is 0 Å². The molecule has 1 aromatic heterocycles. The molecule has 1 fully saturated rings. The third-order valence-corrected chi connectivity index (χ3v) is 3.53. The lowest BCUT2D eigenvalue weighted by Gasteiger charge is -2.33. The van der Waals surface area contributed by atoms with Gasteiger partial charge in [-0.2, -0.15) is 0 Å². The van der Waals surface area contributed by atoms with Crippen molar-refractivity contribution in [3.05, 3.63) is 17.8 Å². The van der Waals surface area contributed by atoms with Crippen molar-refractivity contribution in [2.45, 2.75) is 32.6 Å². The first-order chi connectivity index (χ1) is 9.08. The minimum absolute atomic E-state index is 0.170. The Hall–Kier alpha value is -1.72. The standard InChI is InChI=1S/C13H18FN3O2/c1-9-12(14)13(16-8-15-9)17-6-2-3-10(7-17)4-5-11(18)19/h8,10H,2-7H2,1H3,(H,18,19). The van der Waals surface area contributed by atoms with Crippen LogP contribution in [-0.4, -0.2) is 34.1 Å². The number of aliphatic carboxylic acids is 1. The number of carboxylic acids is 1. The number of nitrogens with zero attached hydrogens (tertiary/aromatic N) is 3. The number of piperidine rings is 1. The van der Waals surface area contributed by atoms with Gasteiger partial charge in [-0.1, -0.05) is 0 Å². The number of hydrogen-bond donors (Lipinski definition) is 1. The van der Waals surface area contributed by atoms with Crippen LogP contribution in [0.1, 0.15) is 31.4 Å². The zero-order valence-corrected chi connectivity index (χ0v) is 11.0. The lowest BCUT2D eigenvalue weighted by molar-refractivity contribution is -0.137. The summed E-state index contributed by atoms with van der Waals surface area (Å²) in [5, 5.41) is 8.71. The predicted molar refractivity (Wildman–Crippen MR) is 68.5 cm³/mol. The molecule has 0 radical (unpaired) electrons. The van der Waals surface area contributed by atoms with Crippen molar-refractivity contribution in [1.29, 1.82) is 0 Å². The highest BCUT2D eigenvalue weighted by atomic mass is 19.1. The van der Waals surface area contributed by atoms with Crippen LogP contribution < -0.4 is 4.90 Å². The maximum absolute atomic E-state index is 14.0. The van der Waals surface area contributed by atoms with Gasteiger partial charge in [-0.15, -0.1) is 0 Å². The number of rotatable bonds is 4.